The van der Waals surface area contributed by atoms with Gasteiger partial charge < -0.3 is 4.57 Å². The Hall–Kier alpha value is -3.29. The molecule has 5 rings (SSSR count). The summed E-state index contributed by atoms with van der Waals surface area (Å²) in [5.74, 6) is 0.0519. The molecule has 35 heavy (non-hydrogen) atoms. The summed E-state index contributed by atoms with van der Waals surface area (Å²) >= 11 is 5.11. The molecule has 2 aromatic heterocycles. The first-order valence-corrected chi connectivity index (χ1v) is 13.2. The zero-order valence-electron chi connectivity index (χ0n) is 19.1. The standard InChI is InChI=1S/C28H25BrN4OS/c29-23-12-13-25-26(18-23)35-28(31-25)33(16-7-15-32-17-14-30-20-32)27(34)19-24(21-8-3-1-4-9-21)22-10-5-2-6-11-22/h1-6,8-14,17-18,20,24H,7,15-16,19H2. The Bertz CT molecular complexity index is 1350. The average Bonchev–Trinajstić information content (AvgIpc) is 3.55. The lowest BCUT2D eigenvalue weighted by molar-refractivity contribution is -0.118. The van der Waals surface area contributed by atoms with Crippen molar-refractivity contribution in [1.29, 1.82) is 0 Å². The number of amides is 1. The lowest BCUT2D eigenvalue weighted by Gasteiger charge is -2.24. The number of aromatic nitrogens is 3. The third-order valence-electron chi connectivity index (χ3n) is 6.01. The fourth-order valence-electron chi connectivity index (χ4n) is 4.24. The smallest absolute Gasteiger partial charge is 0.229 e. The minimum absolute atomic E-state index is 0.0235. The van der Waals surface area contributed by atoms with Gasteiger partial charge in [0.15, 0.2) is 5.13 Å². The largest absolute Gasteiger partial charge is 0.337 e. The van der Waals surface area contributed by atoms with Gasteiger partial charge in [0.25, 0.3) is 0 Å². The van der Waals surface area contributed by atoms with E-state index in [1.54, 1.807) is 17.5 Å². The van der Waals surface area contributed by atoms with Crippen molar-refractivity contribution in [3.8, 4) is 0 Å². The van der Waals surface area contributed by atoms with E-state index >= 15 is 0 Å². The van der Waals surface area contributed by atoms with E-state index in [1.165, 1.54) is 0 Å². The van der Waals surface area contributed by atoms with E-state index in [0.29, 0.717) is 13.0 Å². The molecule has 0 radical (unpaired) electrons. The molecule has 0 atom stereocenters. The summed E-state index contributed by atoms with van der Waals surface area (Å²) in [6, 6.07) is 26.6. The maximum Gasteiger partial charge on any atom is 0.229 e. The second-order valence-electron chi connectivity index (χ2n) is 8.39. The average molecular weight is 546 g/mol. The number of thiazole rings is 1. The Balaban J connectivity index is 1.44. The van der Waals surface area contributed by atoms with Gasteiger partial charge in [-0.1, -0.05) is 87.9 Å². The number of rotatable bonds is 9. The number of imidazole rings is 1. The van der Waals surface area contributed by atoms with Gasteiger partial charge in [0, 0.05) is 42.3 Å². The molecule has 1 amide bonds. The summed E-state index contributed by atoms with van der Waals surface area (Å²) in [6.07, 6.45) is 6.71. The Kier molecular flexibility index (Phi) is 7.35. The van der Waals surface area contributed by atoms with E-state index in [1.807, 2.05) is 70.5 Å². The second-order valence-corrected chi connectivity index (χ2v) is 10.3. The van der Waals surface area contributed by atoms with Gasteiger partial charge in [0.2, 0.25) is 5.91 Å². The third-order valence-corrected chi connectivity index (χ3v) is 7.55. The first-order chi connectivity index (χ1) is 17.2. The Labute approximate surface area is 217 Å². The molecule has 0 saturated heterocycles. The van der Waals surface area contributed by atoms with Crippen LogP contribution in [0.25, 0.3) is 10.2 Å². The van der Waals surface area contributed by atoms with E-state index in [0.717, 1.165) is 43.9 Å². The number of hydrogen-bond acceptors (Lipinski definition) is 4. The van der Waals surface area contributed by atoms with Crippen molar-refractivity contribution in [2.45, 2.75) is 25.3 Å². The van der Waals surface area contributed by atoms with Crippen LogP contribution in [-0.2, 0) is 11.3 Å². The van der Waals surface area contributed by atoms with Gasteiger partial charge in [-0.3, -0.25) is 9.69 Å². The van der Waals surface area contributed by atoms with Crippen LogP contribution in [0.4, 0.5) is 5.13 Å². The monoisotopic (exact) mass is 544 g/mol. The fraction of sp³-hybridized carbons (Fsp3) is 0.179. The van der Waals surface area contributed by atoms with Crippen molar-refractivity contribution in [3.05, 3.63) is 113 Å². The highest BCUT2D eigenvalue weighted by Crippen LogP contribution is 2.34. The van der Waals surface area contributed by atoms with Crippen LogP contribution in [0.2, 0.25) is 0 Å². The van der Waals surface area contributed by atoms with E-state index < -0.39 is 0 Å². The quantitative estimate of drug-likeness (QED) is 0.203. The molecule has 2 heterocycles. The van der Waals surface area contributed by atoms with Crippen molar-refractivity contribution in [2.75, 3.05) is 11.4 Å². The lowest BCUT2D eigenvalue weighted by Crippen LogP contribution is -2.33. The van der Waals surface area contributed by atoms with E-state index in [9.17, 15) is 4.79 Å². The topological polar surface area (TPSA) is 51.0 Å². The Morgan fingerprint density at radius 1 is 1.00 bits per heavy atom. The van der Waals surface area contributed by atoms with Gasteiger partial charge in [0.1, 0.15) is 0 Å². The SMILES string of the molecule is O=C(CC(c1ccccc1)c1ccccc1)N(CCCn1ccnc1)c1nc2ccc(Br)cc2s1. The number of carbonyl (C=O) groups is 1. The molecule has 0 aliphatic rings. The molecule has 0 spiro atoms. The summed E-state index contributed by atoms with van der Waals surface area (Å²) in [5.41, 5.74) is 3.18. The van der Waals surface area contributed by atoms with Crippen LogP contribution in [0.3, 0.4) is 0 Å². The van der Waals surface area contributed by atoms with Crippen LogP contribution in [0.1, 0.15) is 29.9 Å². The summed E-state index contributed by atoms with van der Waals surface area (Å²) in [6.45, 7) is 1.38. The molecule has 0 unspecified atom stereocenters. The molecule has 0 fully saturated rings. The normalized spacial score (nSPS) is 11.3. The first kappa shape index (κ1) is 23.5. The van der Waals surface area contributed by atoms with Gasteiger partial charge in [-0.05, 0) is 35.7 Å². The molecule has 0 N–H and O–H groups in total. The number of hydrogen-bond donors (Lipinski definition) is 0. The number of halogens is 1. The summed E-state index contributed by atoms with van der Waals surface area (Å²) < 4.78 is 4.10. The Morgan fingerprint density at radius 2 is 1.71 bits per heavy atom. The number of carbonyl (C=O) groups excluding carboxylic acids is 1. The highest BCUT2D eigenvalue weighted by Gasteiger charge is 2.25. The molecule has 0 saturated carbocycles. The molecule has 5 nitrogen and oxygen atoms in total. The number of fused-ring (bicyclic) bond motifs is 1. The maximum absolute atomic E-state index is 13.9. The minimum Gasteiger partial charge on any atom is -0.337 e. The van der Waals surface area contributed by atoms with Crippen molar-refractivity contribution >= 4 is 48.5 Å². The fourth-order valence-corrected chi connectivity index (χ4v) is 5.80. The zero-order chi connectivity index (χ0) is 24.0. The number of nitrogens with zero attached hydrogens (tertiary/aromatic N) is 4. The van der Waals surface area contributed by atoms with Crippen molar-refractivity contribution in [1.82, 2.24) is 14.5 Å². The van der Waals surface area contributed by atoms with Gasteiger partial charge in [-0.15, -0.1) is 0 Å². The Morgan fingerprint density at radius 3 is 2.37 bits per heavy atom. The van der Waals surface area contributed by atoms with E-state index in [2.05, 4.69) is 51.2 Å². The summed E-state index contributed by atoms with van der Waals surface area (Å²) in [7, 11) is 0. The van der Waals surface area contributed by atoms with Crippen LogP contribution >= 0.6 is 27.3 Å². The van der Waals surface area contributed by atoms with Gasteiger partial charge in [-0.2, -0.15) is 0 Å². The highest BCUT2D eigenvalue weighted by atomic mass is 79.9. The number of anilines is 1. The van der Waals surface area contributed by atoms with Crippen LogP contribution in [0, 0.1) is 0 Å². The van der Waals surface area contributed by atoms with Crippen LogP contribution in [0.15, 0.2) is 102 Å². The van der Waals surface area contributed by atoms with Crippen molar-refractivity contribution < 1.29 is 4.79 Å². The predicted octanol–water partition coefficient (Wildman–Crippen LogP) is 6.90. The lowest BCUT2D eigenvalue weighted by atomic mass is 9.88. The van der Waals surface area contributed by atoms with Gasteiger partial charge in [-0.25, -0.2) is 9.97 Å². The highest BCUT2D eigenvalue weighted by molar-refractivity contribution is 9.10. The summed E-state index contributed by atoms with van der Waals surface area (Å²) in [5, 5.41) is 0.744. The zero-order valence-corrected chi connectivity index (χ0v) is 21.5. The molecular weight excluding hydrogens is 520 g/mol. The van der Waals surface area contributed by atoms with Gasteiger partial charge >= 0.3 is 0 Å². The van der Waals surface area contributed by atoms with Crippen molar-refractivity contribution in [2.24, 2.45) is 0 Å². The first-order valence-electron chi connectivity index (χ1n) is 11.6. The van der Waals surface area contributed by atoms with E-state index in [-0.39, 0.29) is 11.8 Å². The van der Waals surface area contributed by atoms with Crippen LogP contribution < -0.4 is 4.90 Å². The predicted molar refractivity (Wildman–Crippen MR) is 146 cm³/mol. The number of benzene rings is 3. The molecule has 3 aromatic carbocycles. The van der Waals surface area contributed by atoms with Crippen molar-refractivity contribution in [3.63, 3.8) is 0 Å². The molecule has 176 valence electrons. The molecule has 5 aromatic rings. The van der Waals surface area contributed by atoms with Gasteiger partial charge in [0.05, 0.1) is 16.5 Å². The summed E-state index contributed by atoms with van der Waals surface area (Å²) in [4.78, 5) is 24.7. The van der Waals surface area contributed by atoms with Crippen LogP contribution in [0.5, 0.6) is 0 Å². The molecule has 0 aliphatic carbocycles. The second kappa shape index (κ2) is 11.0. The maximum atomic E-state index is 13.9. The number of aryl methyl sites for hydroxylation is 1. The molecule has 0 bridgehead atoms. The third kappa shape index (κ3) is 5.69. The van der Waals surface area contributed by atoms with E-state index in [4.69, 9.17) is 4.98 Å². The minimum atomic E-state index is -0.0235. The molecular formula is C28H25BrN4OS. The molecule has 0 aliphatic heterocycles. The van der Waals surface area contributed by atoms with Crippen LogP contribution in [-0.4, -0.2) is 27.0 Å². The molecule has 7 heteroatoms.